The van der Waals surface area contributed by atoms with Gasteiger partial charge in [-0.3, -0.25) is 9.59 Å². The lowest BCUT2D eigenvalue weighted by atomic mass is 10.1. The van der Waals surface area contributed by atoms with Gasteiger partial charge >= 0.3 is 0 Å². The first-order valence-corrected chi connectivity index (χ1v) is 10.9. The van der Waals surface area contributed by atoms with E-state index in [-0.39, 0.29) is 11.8 Å². The van der Waals surface area contributed by atoms with E-state index in [0.29, 0.717) is 18.5 Å². The van der Waals surface area contributed by atoms with Gasteiger partial charge in [-0.1, -0.05) is 43.4 Å². The van der Waals surface area contributed by atoms with E-state index < -0.39 is 0 Å². The summed E-state index contributed by atoms with van der Waals surface area (Å²) in [4.78, 5) is 28.9. The number of hydrogen-bond acceptors (Lipinski definition) is 2. The van der Waals surface area contributed by atoms with Crippen LogP contribution in [0.2, 0.25) is 0 Å². The zero-order valence-electron chi connectivity index (χ0n) is 17.8. The van der Waals surface area contributed by atoms with Crippen LogP contribution in [0, 0.1) is 11.8 Å². The second-order valence-electron chi connectivity index (χ2n) is 7.65. The van der Waals surface area contributed by atoms with Crippen molar-refractivity contribution in [2.75, 3.05) is 24.5 Å². The number of benzene rings is 2. The first-order valence-electron chi connectivity index (χ1n) is 10.9. The summed E-state index contributed by atoms with van der Waals surface area (Å²) >= 11 is 0. The lowest BCUT2D eigenvalue weighted by Gasteiger charge is -2.26. The Labute approximate surface area is 179 Å². The minimum absolute atomic E-state index is 0.0971. The molecule has 0 N–H and O–H groups in total. The molecule has 0 spiro atoms. The van der Waals surface area contributed by atoms with Crippen LogP contribution >= 0.6 is 0 Å². The van der Waals surface area contributed by atoms with E-state index in [1.807, 2.05) is 59.5 Å². The maximum absolute atomic E-state index is 12.6. The van der Waals surface area contributed by atoms with Crippen LogP contribution in [0.5, 0.6) is 0 Å². The number of nitrogens with zero attached hydrogens (tertiary/aromatic N) is 2. The quantitative estimate of drug-likeness (QED) is 0.646. The Kier molecular flexibility index (Phi) is 8.09. The molecule has 1 heterocycles. The number of hydrogen-bond donors (Lipinski definition) is 0. The van der Waals surface area contributed by atoms with Crippen molar-refractivity contribution < 1.29 is 9.59 Å². The summed E-state index contributed by atoms with van der Waals surface area (Å²) in [6, 6.07) is 17.1. The lowest BCUT2D eigenvalue weighted by Crippen LogP contribution is -2.35. The summed E-state index contributed by atoms with van der Waals surface area (Å²) in [6.07, 6.45) is 5.78. The monoisotopic (exact) mass is 402 g/mol. The van der Waals surface area contributed by atoms with Crippen LogP contribution in [-0.4, -0.2) is 36.3 Å². The van der Waals surface area contributed by atoms with Crippen LogP contribution in [0.25, 0.3) is 0 Å². The molecule has 4 nitrogen and oxygen atoms in total. The van der Waals surface area contributed by atoms with E-state index in [4.69, 9.17) is 0 Å². The van der Waals surface area contributed by atoms with Gasteiger partial charge in [0.15, 0.2) is 0 Å². The van der Waals surface area contributed by atoms with Crippen molar-refractivity contribution in [1.29, 1.82) is 0 Å². The number of anilines is 1. The van der Waals surface area contributed by atoms with Crippen LogP contribution in [0.4, 0.5) is 5.69 Å². The van der Waals surface area contributed by atoms with Crippen molar-refractivity contribution in [3.05, 3.63) is 65.7 Å². The Morgan fingerprint density at radius 2 is 1.67 bits per heavy atom. The van der Waals surface area contributed by atoms with Gasteiger partial charge in [0.05, 0.1) is 6.54 Å². The normalized spacial score (nSPS) is 13.3. The molecule has 0 aromatic heterocycles. The molecular weight excluding hydrogens is 372 g/mol. The zero-order valence-corrected chi connectivity index (χ0v) is 17.8. The summed E-state index contributed by atoms with van der Waals surface area (Å²) < 4.78 is 0. The molecule has 0 radical (unpaired) electrons. The Morgan fingerprint density at radius 3 is 2.33 bits per heavy atom. The van der Waals surface area contributed by atoms with Gasteiger partial charge in [-0.15, -0.1) is 0 Å². The number of likely N-dealkylation sites (tertiary alicyclic amines) is 1. The highest BCUT2D eigenvalue weighted by Gasteiger charge is 2.18. The van der Waals surface area contributed by atoms with Crippen LogP contribution < -0.4 is 4.90 Å². The highest BCUT2D eigenvalue weighted by Crippen LogP contribution is 2.16. The van der Waals surface area contributed by atoms with Crippen LogP contribution in [0.15, 0.2) is 54.6 Å². The van der Waals surface area contributed by atoms with Gasteiger partial charge in [-0.2, -0.15) is 0 Å². The number of unbranched alkanes of at least 4 members (excludes halogenated alkanes) is 1. The van der Waals surface area contributed by atoms with Gasteiger partial charge in [0.1, 0.15) is 0 Å². The molecule has 0 unspecified atom stereocenters. The van der Waals surface area contributed by atoms with Crippen LogP contribution in [0.3, 0.4) is 0 Å². The average Bonchev–Trinajstić information content (AvgIpc) is 2.81. The average molecular weight is 403 g/mol. The fourth-order valence-electron chi connectivity index (χ4n) is 3.59. The minimum Gasteiger partial charge on any atom is -0.339 e. The van der Waals surface area contributed by atoms with E-state index >= 15 is 0 Å². The van der Waals surface area contributed by atoms with Crippen LogP contribution in [-0.2, 0) is 4.79 Å². The summed E-state index contributed by atoms with van der Waals surface area (Å²) in [5, 5.41) is 0. The fourth-order valence-corrected chi connectivity index (χ4v) is 3.59. The van der Waals surface area contributed by atoms with E-state index in [0.717, 1.165) is 50.0 Å². The van der Waals surface area contributed by atoms with Gasteiger partial charge in [0.2, 0.25) is 5.91 Å². The lowest BCUT2D eigenvalue weighted by molar-refractivity contribution is -0.118. The maximum Gasteiger partial charge on any atom is 0.253 e. The minimum atomic E-state index is 0.0971. The largest absolute Gasteiger partial charge is 0.339 e. The van der Waals surface area contributed by atoms with Gasteiger partial charge in [0, 0.05) is 36.3 Å². The highest BCUT2D eigenvalue weighted by atomic mass is 16.2. The Morgan fingerprint density at radius 1 is 0.967 bits per heavy atom. The number of rotatable bonds is 6. The summed E-state index contributed by atoms with van der Waals surface area (Å²) in [5.41, 5.74) is 2.43. The molecule has 2 amide bonds. The second-order valence-corrected chi connectivity index (χ2v) is 7.65. The first kappa shape index (κ1) is 21.6. The third kappa shape index (κ3) is 5.97. The zero-order chi connectivity index (χ0) is 21.2. The molecule has 30 heavy (non-hydrogen) atoms. The van der Waals surface area contributed by atoms with Gasteiger partial charge in [-0.25, -0.2) is 0 Å². The molecular formula is C26H30N2O2. The number of para-hydroxylation sites is 1. The Balaban J connectivity index is 1.65. The van der Waals surface area contributed by atoms with E-state index in [1.54, 1.807) is 4.90 Å². The third-order valence-electron chi connectivity index (χ3n) is 5.36. The molecule has 0 bridgehead atoms. The van der Waals surface area contributed by atoms with Gasteiger partial charge in [-0.05, 0) is 62.1 Å². The predicted molar refractivity (Wildman–Crippen MR) is 121 cm³/mol. The van der Waals surface area contributed by atoms with E-state index in [1.165, 1.54) is 6.42 Å². The summed E-state index contributed by atoms with van der Waals surface area (Å²) in [6.45, 7) is 4.13. The van der Waals surface area contributed by atoms with Crippen molar-refractivity contribution in [2.45, 2.75) is 45.4 Å². The molecule has 1 fully saturated rings. The molecule has 3 rings (SSSR count). The molecule has 2 aromatic carbocycles. The van der Waals surface area contributed by atoms with E-state index in [9.17, 15) is 9.59 Å². The van der Waals surface area contributed by atoms with Crippen molar-refractivity contribution in [1.82, 2.24) is 4.90 Å². The van der Waals surface area contributed by atoms with Crippen molar-refractivity contribution in [3.63, 3.8) is 0 Å². The van der Waals surface area contributed by atoms with Crippen molar-refractivity contribution >= 4 is 17.5 Å². The third-order valence-corrected chi connectivity index (χ3v) is 5.36. The molecule has 4 heteroatoms. The molecule has 0 atom stereocenters. The summed E-state index contributed by atoms with van der Waals surface area (Å²) in [5.74, 6) is 6.46. The number of carbonyl (C=O) groups is 2. The second kappa shape index (κ2) is 11.2. The van der Waals surface area contributed by atoms with Crippen LogP contribution in [0.1, 0.15) is 61.4 Å². The molecule has 1 saturated heterocycles. The highest BCUT2D eigenvalue weighted by molar-refractivity contribution is 5.94. The van der Waals surface area contributed by atoms with Gasteiger partial charge in [0.25, 0.3) is 5.91 Å². The number of carbonyl (C=O) groups excluding carboxylic acids is 2. The number of piperidine rings is 1. The number of amides is 2. The predicted octanol–water partition coefficient (Wildman–Crippen LogP) is 4.89. The molecule has 0 saturated carbocycles. The van der Waals surface area contributed by atoms with E-state index in [2.05, 4.69) is 18.8 Å². The topological polar surface area (TPSA) is 40.6 Å². The van der Waals surface area contributed by atoms with Gasteiger partial charge < -0.3 is 9.80 Å². The first-order chi connectivity index (χ1) is 14.7. The summed E-state index contributed by atoms with van der Waals surface area (Å²) in [7, 11) is 0. The molecule has 0 aliphatic carbocycles. The fraction of sp³-hybridized carbons (Fsp3) is 0.385. The SMILES string of the molecule is CCCCC(=O)N(CC#Cc1ccc(C(=O)N2CCCCC2)cc1)c1ccccc1. The van der Waals surface area contributed by atoms with Crippen molar-refractivity contribution in [3.8, 4) is 11.8 Å². The maximum atomic E-state index is 12.6. The molecule has 1 aliphatic heterocycles. The molecule has 2 aromatic rings. The molecule has 156 valence electrons. The smallest absolute Gasteiger partial charge is 0.253 e. The van der Waals surface area contributed by atoms with Crippen molar-refractivity contribution in [2.24, 2.45) is 0 Å². The Bertz CT molecular complexity index is 888. The standard InChI is InChI=1S/C26H30N2O2/c1-2-3-14-25(29)28(24-12-6-4-7-13-24)21-10-11-22-15-17-23(18-16-22)26(30)27-19-8-5-9-20-27/h4,6-7,12-13,15-18H,2-3,5,8-9,14,19-21H2,1H3. The molecule has 1 aliphatic rings. The Hall–Kier alpha value is -3.06.